The molecule has 1 amide bonds. The van der Waals surface area contributed by atoms with Gasteiger partial charge in [0.05, 0.1) is 5.52 Å². The molecule has 3 rings (SSSR count). The first-order valence-corrected chi connectivity index (χ1v) is 8.64. The van der Waals surface area contributed by atoms with Gasteiger partial charge in [-0.3, -0.25) is 4.79 Å². The molecule has 0 aliphatic carbocycles. The molecule has 134 valence electrons. The third-order valence-corrected chi connectivity index (χ3v) is 4.06. The largest absolute Gasteiger partial charge is 0.378 e. The van der Waals surface area contributed by atoms with E-state index in [0.29, 0.717) is 13.0 Å². The number of fused-ring (bicyclic) bond motifs is 1. The molecule has 6 heteroatoms. The van der Waals surface area contributed by atoms with Crippen molar-refractivity contribution in [1.82, 2.24) is 9.97 Å². The van der Waals surface area contributed by atoms with Crippen molar-refractivity contribution < 1.29 is 4.79 Å². The Hall–Kier alpha value is -3.15. The standard InChI is InChI=1S/C20H23N5O/c1-25(2)16-8-5-7-15(13-16)24-19(26)11-6-12-21-20-17-9-3-4-10-18(17)22-14-23-20/h3-5,7-10,13-14H,6,11-12H2,1-2H3,(H,24,26)(H,21,22,23). The minimum absolute atomic E-state index is 0.00949. The van der Waals surface area contributed by atoms with Crippen molar-refractivity contribution in [3.8, 4) is 0 Å². The van der Waals surface area contributed by atoms with Crippen molar-refractivity contribution >= 4 is 34.0 Å². The van der Waals surface area contributed by atoms with Crippen LogP contribution in [-0.4, -0.2) is 36.5 Å². The van der Waals surface area contributed by atoms with Crippen LogP contribution >= 0.6 is 0 Å². The highest BCUT2D eigenvalue weighted by molar-refractivity contribution is 5.91. The van der Waals surface area contributed by atoms with Crippen molar-refractivity contribution in [3.05, 3.63) is 54.9 Å². The number of nitrogens with one attached hydrogen (secondary N) is 2. The Kier molecular flexibility index (Phi) is 5.63. The second-order valence-electron chi connectivity index (χ2n) is 6.26. The molecule has 0 saturated heterocycles. The zero-order valence-electron chi connectivity index (χ0n) is 15.1. The highest BCUT2D eigenvalue weighted by atomic mass is 16.1. The van der Waals surface area contributed by atoms with Crippen LogP contribution in [0.3, 0.4) is 0 Å². The predicted molar refractivity (Wildman–Crippen MR) is 107 cm³/mol. The first kappa shape index (κ1) is 17.7. The van der Waals surface area contributed by atoms with Gasteiger partial charge in [0.1, 0.15) is 12.1 Å². The van der Waals surface area contributed by atoms with Gasteiger partial charge in [-0.25, -0.2) is 9.97 Å². The van der Waals surface area contributed by atoms with E-state index in [2.05, 4.69) is 20.6 Å². The molecule has 0 unspecified atom stereocenters. The predicted octanol–water partition coefficient (Wildman–Crippen LogP) is 3.53. The Morgan fingerprint density at radius 3 is 2.77 bits per heavy atom. The van der Waals surface area contributed by atoms with Crippen LogP contribution in [0.4, 0.5) is 17.2 Å². The first-order valence-electron chi connectivity index (χ1n) is 8.64. The summed E-state index contributed by atoms with van der Waals surface area (Å²) >= 11 is 0. The van der Waals surface area contributed by atoms with E-state index in [1.165, 1.54) is 0 Å². The summed E-state index contributed by atoms with van der Waals surface area (Å²) in [5.41, 5.74) is 2.78. The quantitative estimate of drug-likeness (QED) is 0.639. The normalized spacial score (nSPS) is 10.5. The number of amides is 1. The molecule has 0 aliphatic rings. The fourth-order valence-corrected chi connectivity index (χ4v) is 2.69. The number of hydrogen-bond acceptors (Lipinski definition) is 5. The van der Waals surface area contributed by atoms with Gasteiger partial charge in [0, 0.05) is 43.8 Å². The van der Waals surface area contributed by atoms with Crippen LogP contribution < -0.4 is 15.5 Å². The number of hydrogen-bond donors (Lipinski definition) is 2. The summed E-state index contributed by atoms with van der Waals surface area (Å²) in [4.78, 5) is 22.7. The Morgan fingerprint density at radius 2 is 1.92 bits per heavy atom. The van der Waals surface area contributed by atoms with Gasteiger partial charge < -0.3 is 15.5 Å². The molecule has 1 heterocycles. The van der Waals surface area contributed by atoms with Gasteiger partial charge in [-0.15, -0.1) is 0 Å². The van der Waals surface area contributed by atoms with Crippen LogP contribution in [0.5, 0.6) is 0 Å². The maximum absolute atomic E-state index is 12.1. The first-order chi connectivity index (χ1) is 12.6. The molecular weight excluding hydrogens is 326 g/mol. The van der Waals surface area contributed by atoms with E-state index < -0.39 is 0 Å². The molecule has 0 saturated carbocycles. The van der Waals surface area contributed by atoms with Crippen LogP contribution in [-0.2, 0) is 4.79 Å². The summed E-state index contributed by atoms with van der Waals surface area (Å²) in [5.74, 6) is 0.810. The number of benzene rings is 2. The third-order valence-electron chi connectivity index (χ3n) is 4.06. The minimum atomic E-state index is 0.00949. The summed E-state index contributed by atoms with van der Waals surface area (Å²) in [7, 11) is 3.95. The van der Waals surface area contributed by atoms with Crippen LogP contribution in [0.2, 0.25) is 0 Å². The van der Waals surface area contributed by atoms with Gasteiger partial charge in [-0.1, -0.05) is 18.2 Å². The molecule has 0 atom stereocenters. The number of anilines is 3. The molecule has 1 aromatic heterocycles. The Morgan fingerprint density at radius 1 is 1.08 bits per heavy atom. The molecule has 3 aromatic rings. The van der Waals surface area contributed by atoms with E-state index >= 15 is 0 Å². The molecule has 0 aliphatic heterocycles. The van der Waals surface area contributed by atoms with Crippen LogP contribution in [0.1, 0.15) is 12.8 Å². The molecule has 0 fully saturated rings. The smallest absolute Gasteiger partial charge is 0.224 e. The van der Waals surface area contributed by atoms with Crippen molar-refractivity contribution in [2.45, 2.75) is 12.8 Å². The van der Waals surface area contributed by atoms with E-state index in [0.717, 1.165) is 34.5 Å². The lowest BCUT2D eigenvalue weighted by atomic mass is 10.2. The van der Waals surface area contributed by atoms with Gasteiger partial charge in [-0.2, -0.15) is 0 Å². The van der Waals surface area contributed by atoms with Gasteiger partial charge in [0.2, 0.25) is 5.91 Å². The zero-order valence-corrected chi connectivity index (χ0v) is 15.1. The molecule has 2 N–H and O–H groups in total. The second-order valence-corrected chi connectivity index (χ2v) is 6.26. The van der Waals surface area contributed by atoms with E-state index in [4.69, 9.17) is 0 Å². The second kappa shape index (κ2) is 8.29. The summed E-state index contributed by atoms with van der Waals surface area (Å²) in [6.45, 7) is 0.673. The lowest BCUT2D eigenvalue weighted by molar-refractivity contribution is -0.116. The fourth-order valence-electron chi connectivity index (χ4n) is 2.69. The SMILES string of the molecule is CN(C)c1cccc(NC(=O)CCCNc2ncnc3ccccc23)c1. The number of carbonyl (C=O) groups is 1. The molecule has 26 heavy (non-hydrogen) atoms. The van der Waals surface area contributed by atoms with Crippen LogP contribution in [0.15, 0.2) is 54.9 Å². The summed E-state index contributed by atoms with van der Waals surface area (Å²) in [6, 6.07) is 15.7. The maximum Gasteiger partial charge on any atom is 0.224 e. The maximum atomic E-state index is 12.1. The molecule has 2 aromatic carbocycles. The van der Waals surface area contributed by atoms with Crippen molar-refractivity contribution in [3.63, 3.8) is 0 Å². The molecule has 0 radical (unpaired) electrons. The zero-order chi connectivity index (χ0) is 18.4. The van der Waals surface area contributed by atoms with Gasteiger partial charge in [0.25, 0.3) is 0 Å². The number of para-hydroxylation sites is 1. The van der Waals surface area contributed by atoms with Crippen LogP contribution in [0, 0.1) is 0 Å². The van der Waals surface area contributed by atoms with E-state index in [9.17, 15) is 4.79 Å². The number of aromatic nitrogens is 2. The molecule has 0 bridgehead atoms. The average molecular weight is 349 g/mol. The number of nitrogens with zero attached hydrogens (tertiary/aromatic N) is 3. The number of rotatable bonds is 7. The summed E-state index contributed by atoms with van der Waals surface area (Å²) in [5, 5.41) is 7.23. The van der Waals surface area contributed by atoms with Crippen LogP contribution in [0.25, 0.3) is 10.9 Å². The molecular formula is C20H23N5O. The highest BCUT2D eigenvalue weighted by Crippen LogP contribution is 2.19. The topological polar surface area (TPSA) is 70.2 Å². The minimum Gasteiger partial charge on any atom is -0.378 e. The van der Waals surface area contributed by atoms with Crippen molar-refractivity contribution in [2.24, 2.45) is 0 Å². The van der Waals surface area contributed by atoms with Crippen molar-refractivity contribution in [1.29, 1.82) is 0 Å². The summed E-state index contributed by atoms with van der Waals surface area (Å²) < 4.78 is 0. The highest BCUT2D eigenvalue weighted by Gasteiger charge is 2.05. The average Bonchev–Trinajstić information content (AvgIpc) is 2.65. The van der Waals surface area contributed by atoms with E-state index in [1.807, 2.05) is 67.5 Å². The third kappa shape index (κ3) is 4.47. The van der Waals surface area contributed by atoms with Gasteiger partial charge in [-0.05, 0) is 36.8 Å². The lowest BCUT2D eigenvalue weighted by Gasteiger charge is -2.14. The van der Waals surface area contributed by atoms with E-state index in [-0.39, 0.29) is 5.91 Å². The van der Waals surface area contributed by atoms with Gasteiger partial charge in [0.15, 0.2) is 0 Å². The van der Waals surface area contributed by atoms with Gasteiger partial charge >= 0.3 is 0 Å². The Balaban J connectivity index is 1.49. The van der Waals surface area contributed by atoms with E-state index in [1.54, 1.807) is 6.33 Å². The monoisotopic (exact) mass is 349 g/mol. The molecule has 0 spiro atoms. The summed E-state index contributed by atoms with van der Waals surface area (Å²) in [6.07, 6.45) is 2.72. The molecule has 6 nitrogen and oxygen atoms in total. The number of carbonyl (C=O) groups excluding carboxylic acids is 1. The Bertz CT molecular complexity index is 889. The Labute approximate surface area is 153 Å². The van der Waals surface area contributed by atoms with Crippen molar-refractivity contribution in [2.75, 3.05) is 36.2 Å². The lowest BCUT2D eigenvalue weighted by Crippen LogP contribution is -2.14. The fraction of sp³-hybridized carbons (Fsp3) is 0.250.